The average Bonchev–Trinajstić information content (AvgIpc) is 0.710. The highest BCUT2D eigenvalue weighted by Gasteiger charge is 2.75. The van der Waals surface area contributed by atoms with Gasteiger partial charge in [0.25, 0.3) is 0 Å². The maximum Gasteiger partial charge on any atom is 0.307 e. The number of fused-ring (bicyclic) bond motifs is 6. The lowest BCUT2D eigenvalue weighted by atomic mass is 9.34. The molecule has 0 radical (unpaired) electrons. The van der Waals surface area contributed by atoms with E-state index in [1.54, 1.807) is 12.7 Å². The van der Waals surface area contributed by atoms with Crippen LogP contribution in [0.15, 0.2) is 89.5 Å². The molecule has 6 saturated carbocycles. The van der Waals surface area contributed by atoms with Crippen molar-refractivity contribution >= 4 is 17.8 Å². The van der Waals surface area contributed by atoms with Gasteiger partial charge in [0.15, 0.2) is 11.6 Å². The van der Waals surface area contributed by atoms with Gasteiger partial charge >= 0.3 is 11.9 Å². The lowest BCUT2D eigenvalue weighted by molar-refractivity contribution is -0.253. The fraction of sp³-hybridized carbons (Fsp3) is 0.753. The number of carboxylic acids is 2. The number of carbonyl (C=O) groups is 2. The zero-order valence-electron chi connectivity index (χ0n) is 75.3. The minimum atomic E-state index is -0.637. The first-order chi connectivity index (χ1) is 54.7. The smallest absolute Gasteiger partial charge is 0.307 e. The Kier molecular flexibility index (Phi) is 24.8. The zero-order valence-corrected chi connectivity index (χ0v) is 75.3. The van der Waals surface area contributed by atoms with E-state index in [-0.39, 0.29) is 103 Å². The molecule has 24 atom stereocenters. The summed E-state index contributed by atoms with van der Waals surface area (Å²) in [6.07, 6.45) is 19.1. The van der Waals surface area contributed by atoms with Crippen LogP contribution < -0.4 is 28.3 Å². The van der Waals surface area contributed by atoms with Gasteiger partial charge in [-0.25, -0.2) is 19.3 Å². The van der Waals surface area contributed by atoms with E-state index in [4.69, 9.17) is 62.0 Å². The molecule has 0 unspecified atom stereocenters. The molecule has 2 aromatic heterocycles. The van der Waals surface area contributed by atoms with E-state index in [1.165, 1.54) is 11.1 Å². The summed E-state index contributed by atoms with van der Waals surface area (Å²) in [4.78, 5) is 41.6. The fourth-order valence-corrected chi connectivity index (χ4v) is 26.7. The zero-order chi connectivity index (χ0) is 85.4. The molecule has 2 saturated heterocycles. The molecule has 8 aliphatic carbocycles. The molecule has 118 heavy (non-hydrogen) atoms. The van der Waals surface area contributed by atoms with Gasteiger partial charge in [0.1, 0.15) is 18.5 Å². The van der Waals surface area contributed by atoms with Gasteiger partial charge in [-0.1, -0.05) is 193 Å². The Hall–Kier alpha value is -6.22. The molecule has 21 heteroatoms. The first-order valence-corrected chi connectivity index (χ1v) is 44.6. The maximum atomic E-state index is 13.7. The van der Waals surface area contributed by atoms with Crippen LogP contribution in [0.3, 0.4) is 0 Å². The van der Waals surface area contributed by atoms with Gasteiger partial charge in [0, 0.05) is 69.1 Å². The lowest BCUT2D eigenvalue weighted by Crippen LogP contribution is -2.69. The van der Waals surface area contributed by atoms with Crippen LogP contribution in [0.2, 0.25) is 0 Å². The number of nitriles is 1. The van der Waals surface area contributed by atoms with Gasteiger partial charge in [0.2, 0.25) is 0 Å². The number of aromatic nitrogens is 6. The van der Waals surface area contributed by atoms with Crippen LogP contribution in [0.4, 0.5) is 0 Å². The third kappa shape index (κ3) is 14.3. The number of benzene rings is 2. The maximum absolute atomic E-state index is 13.7. The van der Waals surface area contributed by atoms with Crippen LogP contribution in [0.25, 0.3) is 22.8 Å². The normalized spacial score (nSPS) is 38.6. The number of aliphatic carboxylic acids is 2. The van der Waals surface area contributed by atoms with Crippen molar-refractivity contribution < 1.29 is 38.7 Å². The number of hydrogen-bond donors (Lipinski definition) is 7. The van der Waals surface area contributed by atoms with Gasteiger partial charge in [-0.15, -0.1) is 0 Å². The quantitative estimate of drug-likeness (QED) is 0.0455. The van der Waals surface area contributed by atoms with Gasteiger partial charge < -0.3 is 57.4 Å². The summed E-state index contributed by atoms with van der Waals surface area (Å²) in [5.41, 5.74) is 26.1. The van der Waals surface area contributed by atoms with Crippen molar-refractivity contribution in [1.29, 1.82) is 5.26 Å². The summed E-state index contributed by atoms with van der Waals surface area (Å²) in [7, 11) is 0. The summed E-state index contributed by atoms with van der Waals surface area (Å²) in [6, 6.07) is 18.1. The molecule has 4 bridgehead atoms. The Labute approximate surface area is 707 Å². The van der Waals surface area contributed by atoms with Crippen LogP contribution in [-0.4, -0.2) is 147 Å². The van der Waals surface area contributed by atoms with Crippen molar-refractivity contribution in [2.45, 2.75) is 272 Å². The number of nitrogens with two attached hydrogens (primary N) is 4. The van der Waals surface area contributed by atoms with Gasteiger partial charge in [-0.2, -0.15) is 15.5 Å². The second-order valence-electron chi connectivity index (χ2n) is 44.1. The summed E-state index contributed by atoms with van der Waals surface area (Å²) in [5, 5.41) is 45.3. The summed E-state index contributed by atoms with van der Waals surface area (Å²) >= 11 is 0. The van der Waals surface area contributed by atoms with E-state index in [0.29, 0.717) is 93.8 Å². The van der Waals surface area contributed by atoms with Crippen molar-refractivity contribution in [3.63, 3.8) is 0 Å². The molecule has 8 fully saturated rings. The molecule has 3 aliphatic heterocycles. The molecule has 11 N–H and O–H groups in total. The molecule has 652 valence electrons. The van der Waals surface area contributed by atoms with E-state index in [2.05, 4.69) is 214 Å². The molecular weight excluding hydrogens is 1480 g/mol. The highest BCUT2D eigenvalue weighted by atomic mass is 16.5. The first kappa shape index (κ1) is 91.0. The number of nitrogens with one attached hydrogen (secondary N) is 1. The first-order valence-electron chi connectivity index (χ1n) is 44.6. The average molecular weight is 1630 g/mol. The number of rotatable bonds is 18. The molecule has 5 heterocycles. The summed E-state index contributed by atoms with van der Waals surface area (Å²) < 4.78 is 32.4. The molecule has 0 spiro atoms. The molecule has 4 aromatic rings. The number of nitrogens with zero attached hydrogens (tertiary/aromatic N) is 8. The number of amidine groups is 1. The van der Waals surface area contributed by atoms with Crippen molar-refractivity contribution in [3.05, 3.63) is 95.6 Å². The van der Waals surface area contributed by atoms with Crippen LogP contribution in [0.1, 0.15) is 260 Å². The van der Waals surface area contributed by atoms with E-state index in [9.17, 15) is 25.1 Å². The van der Waals surface area contributed by atoms with Gasteiger partial charge in [-0.3, -0.25) is 14.6 Å². The van der Waals surface area contributed by atoms with Crippen molar-refractivity contribution in [2.24, 2.45) is 152 Å². The number of hydrogen-bond acceptors (Lipinski definition) is 17. The third-order valence-corrected chi connectivity index (χ3v) is 36.0. The van der Waals surface area contributed by atoms with Crippen LogP contribution >= 0.6 is 0 Å². The minimum Gasteiger partial charge on any atom is -0.481 e. The number of allylic oxidation sites excluding steroid dienone is 2. The highest BCUT2D eigenvalue weighted by molar-refractivity contribution is 6.00. The van der Waals surface area contributed by atoms with Crippen LogP contribution in [-0.2, 0) is 28.5 Å². The van der Waals surface area contributed by atoms with Gasteiger partial charge in [0.05, 0.1) is 93.9 Å². The molecule has 2 aromatic carbocycles. The van der Waals surface area contributed by atoms with Gasteiger partial charge in [-0.05, 0) is 206 Å². The highest BCUT2D eigenvalue weighted by Crippen LogP contribution is 2.78. The van der Waals surface area contributed by atoms with Crippen LogP contribution in [0.5, 0.6) is 0 Å². The Morgan fingerprint density at radius 1 is 0.576 bits per heavy atom. The second-order valence-corrected chi connectivity index (χ2v) is 44.1. The van der Waals surface area contributed by atoms with E-state index < -0.39 is 40.3 Å². The molecule has 11 aliphatic rings. The Balaban J connectivity index is 0.000000206. The summed E-state index contributed by atoms with van der Waals surface area (Å²) in [5.74, 6) is 2.98. The Morgan fingerprint density at radius 3 is 1.30 bits per heavy atom. The number of carboxylic acid groups (broad SMARTS) is 2. The fourth-order valence-electron chi connectivity index (χ4n) is 26.7. The largest absolute Gasteiger partial charge is 0.481 e. The summed E-state index contributed by atoms with van der Waals surface area (Å²) in [6.45, 7) is 55.9. The predicted molar refractivity (Wildman–Crippen MR) is 469 cm³/mol. The number of ether oxygens (including phenoxy) is 4. The third-order valence-electron chi connectivity index (χ3n) is 36.0. The van der Waals surface area contributed by atoms with E-state index in [1.807, 2.05) is 24.3 Å². The van der Waals surface area contributed by atoms with Crippen molar-refractivity contribution in [1.82, 2.24) is 34.8 Å². The van der Waals surface area contributed by atoms with E-state index in [0.717, 1.165) is 124 Å². The van der Waals surface area contributed by atoms with Crippen molar-refractivity contribution in [3.8, 4) is 28.8 Å². The SMILES string of the molecule is C.CC(C)[C@@H](C)[C@@]1(C)CC[C@]2(C)[C@H]3CC[C@@H]4[C@@]5(COC[C@@]4(C)[C@@H](OC[C@](C)(N)C(C)(C)C)[C@H](n4ncnc4-c4ccc(C#N)cc4)C5)C3=CC[C@@]2(C)[C@@H]1C(=O)O.CC(C)[C@@H](C)[C@@]1(C)CC[C@]2(C)[C@H]3CC[C@@H]4[C@@]5(COC[C@@]4(C)[C@@H](OC[C@](C)(N)C(C)(C)C)[C@H](n4ncnc4-c4ccc(C6=NCCN6)cc4)C5)C3=CC[C@@]2(C)[C@@H]1C(=O)O.NCCN. The topological polar surface area (TPSA) is 325 Å². The monoisotopic (exact) mass is 1630 g/mol. The Morgan fingerprint density at radius 2 is 0.958 bits per heavy atom. The minimum absolute atomic E-state index is 0. The lowest BCUT2D eigenvalue weighted by Gasteiger charge is -2.71. The molecule has 15 rings (SSSR count). The van der Waals surface area contributed by atoms with Crippen molar-refractivity contribution in [2.75, 3.05) is 65.8 Å². The standard InChI is InChI=1S/C48H72N6O4.C46H67N5O4.C2H8N2.CH4/c1-29(2)30(3)43(7)20-21-45(9)33-16-17-36-44(8)25-57-27-48(36,34(33)18-19-46(45,10)37(43)41(55)56)24-35(38(44)58-26-47(11,49)42(4,5)6)54-40(52-28-53-54)32-14-12-31(13-15-32)39-50-22-23-51-39;1-28(2)29(3)41(7)20-21-43(9)32-16-17-35-42(8)24-54-26-46(35,33(32)18-19-44(43,10)36(41)39(52)53)22-34(37(42)55-25-45(11,48)40(4,5)6)51-38(49-27-50-51)31-14-12-30(23-47)13-15-31;3-1-2-4;/h12-15,18,28-30,33,35-38H,16-17,19-27,49H2,1-11H3,(H,50,51)(H,55,56);12-15,18,27-29,32,34-37H,16-17,19-22,24-26,48H2,1-11H3,(H,52,53);1-4H2;1H4/t30-,33+,35-,36+,37-,38+,43-,44-,45-,46+,47+,48+;29-,32+,34-,35+,36-,37+,41-,42-,43-,44+,45+,46+;;/m11../s1. The van der Waals surface area contributed by atoms with Crippen LogP contribution in [0, 0.1) is 135 Å². The Bertz CT molecular complexity index is 4430. The van der Waals surface area contributed by atoms with E-state index >= 15 is 0 Å². The second kappa shape index (κ2) is 32.2. The molecule has 21 nitrogen and oxygen atoms in total. The molecule has 0 amide bonds. The predicted octanol–water partition coefficient (Wildman–Crippen LogP) is 17.2. The number of aliphatic imine (C=N–C) groups is 1. The molecular formula is C97H151N13O8.